The van der Waals surface area contributed by atoms with Gasteiger partial charge in [-0.2, -0.15) is 0 Å². The van der Waals surface area contributed by atoms with E-state index in [0.717, 1.165) is 33.3 Å². The van der Waals surface area contributed by atoms with E-state index in [1.165, 1.54) is 0 Å². The first-order valence-corrected chi connectivity index (χ1v) is 12.2. The van der Waals surface area contributed by atoms with Crippen molar-refractivity contribution >= 4 is 28.4 Å². The largest absolute Gasteiger partial charge is 0.507 e. The lowest BCUT2D eigenvalue weighted by atomic mass is 9.91. The number of amides is 1. The lowest BCUT2D eigenvalue weighted by Crippen LogP contribution is -2.31. The average molecular weight is 491 g/mol. The van der Waals surface area contributed by atoms with Crippen LogP contribution in [0.3, 0.4) is 0 Å². The summed E-state index contributed by atoms with van der Waals surface area (Å²) in [5, 5.41) is 12.6. The third-order valence-corrected chi connectivity index (χ3v) is 6.96. The van der Waals surface area contributed by atoms with Gasteiger partial charge in [-0.25, -0.2) is 0 Å². The fraction of sp³-hybridized carbons (Fsp3) is 0.379. The number of para-hydroxylation sites is 1. The monoisotopic (exact) mass is 490 g/mol. The molecular formula is C29H34N2O5. The zero-order valence-corrected chi connectivity index (χ0v) is 21.8. The first-order chi connectivity index (χ1) is 17.2. The molecule has 36 heavy (non-hydrogen) atoms. The standard InChI is InChI=1S/C29H34N2O5/c1-17(2)20-15-21(18(3)14-24(20)36-6)27(32)25-26(31(12-9-13-35-5)29(34)28(25)33)22-16-30(4)23-11-8-7-10-19(22)23/h7-8,10-11,14-17,26,32H,9,12-13H2,1-6H3/b27-25+. The van der Waals surface area contributed by atoms with Crippen molar-refractivity contribution in [2.45, 2.75) is 39.2 Å². The Morgan fingerprint density at radius 3 is 2.53 bits per heavy atom. The maximum absolute atomic E-state index is 13.5. The van der Waals surface area contributed by atoms with Crippen molar-refractivity contribution in [2.75, 3.05) is 27.4 Å². The number of carbonyl (C=O) groups is 2. The van der Waals surface area contributed by atoms with E-state index in [4.69, 9.17) is 9.47 Å². The van der Waals surface area contributed by atoms with Crippen molar-refractivity contribution in [1.82, 2.24) is 9.47 Å². The third kappa shape index (κ3) is 4.28. The highest BCUT2D eigenvalue weighted by atomic mass is 16.5. The van der Waals surface area contributed by atoms with Crippen LogP contribution in [0.25, 0.3) is 16.7 Å². The summed E-state index contributed by atoms with van der Waals surface area (Å²) in [5.41, 5.74) is 4.10. The van der Waals surface area contributed by atoms with Crippen LogP contribution in [0.5, 0.6) is 5.75 Å². The molecule has 1 aromatic heterocycles. The van der Waals surface area contributed by atoms with Crippen LogP contribution >= 0.6 is 0 Å². The summed E-state index contributed by atoms with van der Waals surface area (Å²) in [6, 6.07) is 10.9. The number of aliphatic hydroxyl groups excluding tert-OH is 1. The van der Waals surface area contributed by atoms with Crippen LogP contribution in [0, 0.1) is 6.92 Å². The Hall–Kier alpha value is -3.58. The van der Waals surface area contributed by atoms with Crippen molar-refractivity contribution in [3.63, 3.8) is 0 Å². The van der Waals surface area contributed by atoms with Crippen LogP contribution in [0.15, 0.2) is 48.2 Å². The van der Waals surface area contributed by atoms with Gasteiger partial charge in [-0.1, -0.05) is 32.0 Å². The molecule has 0 aliphatic carbocycles. The van der Waals surface area contributed by atoms with E-state index in [1.807, 2.05) is 75.0 Å². The zero-order chi connectivity index (χ0) is 26.1. The Labute approximate surface area is 211 Å². The van der Waals surface area contributed by atoms with Crippen LogP contribution in [0.2, 0.25) is 0 Å². The van der Waals surface area contributed by atoms with Crippen LogP contribution in [-0.4, -0.2) is 53.6 Å². The number of fused-ring (bicyclic) bond motifs is 1. The molecule has 7 heteroatoms. The molecule has 1 atom stereocenters. The highest BCUT2D eigenvalue weighted by Crippen LogP contribution is 2.43. The van der Waals surface area contributed by atoms with Gasteiger partial charge < -0.3 is 24.0 Å². The summed E-state index contributed by atoms with van der Waals surface area (Å²) in [6.45, 7) is 6.75. The number of Topliss-reactive ketones (excluding diaryl/α,β-unsaturated/α-hetero) is 1. The SMILES string of the molecule is COCCCN1C(=O)C(=O)/C(=C(/O)c2cc(C(C)C)c(OC)cc2C)C1c1cn(C)c2ccccc12. The van der Waals surface area contributed by atoms with Gasteiger partial charge in [0.2, 0.25) is 0 Å². The molecule has 190 valence electrons. The number of aliphatic hydroxyl groups is 1. The number of aryl methyl sites for hydroxylation is 2. The van der Waals surface area contributed by atoms with Gasteiger partial charge in [-0.3, -0.25) is 9.59 Å². The molecule has 2 heterocycles. The Bertz CT molecular complexity index is 1350. The molecule has 0 saturated carbocycles. The Morgan fingerprint density at radius 1 is 1.14 bits per heavy atom. The summed E-state index contributed by atoms with van der Waals surface area (Å²) < 4.78 is 12.7. The molecule has 1 fully saturated rings. The molecule has 0 radical (unpaired) electrons. The number of benzene rings is 2. The lowest BCUT2D eigenvalue weighted by Gasteiger charge is -2.25. The molecule has 3 aromatic rings. The molecule has 1 amide bonds. The van der Waals surface area contributed by atoms with Crippen molar-refractivity contribution < 1.29 is 24.2 Å². The fourth-order valence-corrected chi connectivity index (χ4v) is 5.13. The van der Waals surface area contributed by atoms with Crippen LogP contribution < -0.4 is 4.74 Å². The van der Waals surface area contributed by atoms with Gasteiger partial charge in [0.25, 0.3) is 11.7 Å². The maximum atomic E-state index is 13.5. The predicted octanol–water partition coefficient (Wildman–Crippen LogP) is 5.08. The number of likely N-dealkylation sites (tertiary alicyclic amines) is 1. The van der Waals surface area contributed by atoms with Crippen LogP contribution in [0.4, 0.5) is 0 Å². The smallest absolute Gasteiger partial charge is 0.295 e. The minimum Gasteiger partial charge on any atom is -0.507 e. The fourth-order valence-electron chi connectivity index (χ4n) is 5.13. The van der Waals surface area contributed by atoms with Gasteiger partial charge in [0, 0.05) is 55.5 Å². The number of methoxy groups -OCH3 is 2. The number of hydrogen-bond donors (Lipinski definition) is 1. The second-order valence-corrected chi connectivity index (χ2v) is 9.62. The van der Waals surface area contributed by atoms with Gasteiger partial charge in [0.05, 0.1) is 18.7 Å². The molecule has 4 rings (SSSR count). The van der Waals surface area contributed by atoms with Crippen molar-refractivity contribution in [1.29, 1.82) is 0 Å². The number of carbonyl (C=O) groups excluding carboxylic acids is 2. The summed E-state index contributed by atoms with van der Waals surface area (Å²) in [7, 11) is 5.16. The van der Waals surface area contributed by atoms with Gasteiger partial charge in [0.15, 0.2) is 0 Å². The molecule has 1 unspecified atom stereocenters. The minimum atomic E-state index is -0.711. The molecule has 2 aromatic carbocycles. The molecule has 0 spiro atoms. The summed E-state index contributed by atoms with van der Waals surface area (Å²) in [5.74, 6) is -0.588. The van der Waals surface area contributed by atoms with Gasteiger partial charge in [-0.05, 0) is 48.6 Å². The second kappa shape index (κ2) is 10.2. The summed E-state index contributed by atoms with van der Waals surface area (Å²) in [4.78, 5) is 28.3. The van der Waals surface area contributed by atoms with Gasteiger partial charge >= 0.3 is 0 Å². The normalized spacial score (nSPS) is 17.5. The Balaban J connectivity index is 1.97. The van der Waals surface area contributed by atoms with Crippen molar-refractivity contribution in [2.24, 2.45) is 7.05 Å². The Kier molecular flexibility index (Phi) is 7.22. The van der Waals surface area contributed by atoms with E-state index in [1.54, 1.807) is 19.1 Å². The molecule has 1 saturated heterocycles. The predicted molar refractivity (Wildman–Crippen MR) is 140 cm³/mol. The summed E-state index contributed by atoms with van der Waals surface area (Å²) >= 11 is 0. The first-order valence-electron chi connectivity index (χ1n) is 12.2. The second-order valence-electron chi connectivity index (χ2n) is 9.62. The first kappa shape index (κ1) is 25.5. The number of aromatic nitrogens is 1. The topological polar surface area (TPSA) is 81.0 Å². The molecule has 0 bridgehead atoms. The maximum Gasteiger partial charge on any atom is 0.295 e. The highest BCUT2D eigenvalue weighted by Gasteiger charge is 2.47. The molecular weight excluding hydrogens is 456 g/mol. The van der Waals surface area contributed by atoms with Crippen LogP contribution in [-0.2, 0) is 21.4 Å². The Morgan fingerprint density at radius 2 is 1.86 bits per heavy atom. The number of ether oxygens (including phenoxy) is 2. The third-order valence-electron chi connectivity index (χ3n) is 6.96. The van der Waals surface area contributed by atoms with Crippen molar-refractivity contribution in [3.05, 3.63) is 70.4 Å². The van der Waals surface area contributed by atoms with Crippen LogP contribution in [0.1, 0.15) is 54.5 Å². The number of rotatable bonds is 8. The van der Waals surface area contributed by atoms with Gasteiger partial charge in [0.1, 0.15) is 11.5 Å². The number of nitrogens with zero attached hydrogens (tertiary/aromatic N) is 2. The molecule has 1 aliphatic rings. The van der Waals surface area contributed by atoms with E-state index in [0.29, 0.717) is 25.1 Å². The minimum absolute atomic E-state index is 0.108. The lowest BCUT2D eigenvalue weighted by molar-refractivity contribution is -0.140. The highest BCUT2D eigenvalue weighted by molar-refractivity contribution is 6.46. The summed E-state index contributed by atoms with van der Waals surface area (Å²) in [6.07, 6.45) is 2.52. The molecule has 7 nitrogen and oxygen atoms in total. The van der Waals surface area contributed by atoms with E-state index in [2.05, 4.69) is 0 Å². The molecule has 1 N–H and O–H groups in total. The average Bonchev–Trinajstić information content (AvgIpc) is 3.32. The zero-order valence-electron chi connectivity index (χ0n) is 21.8. The van der Waals surface area contributed by atoms with Crippen molar-refractivity contribution in [3.8, 4) is 5.75 Å². The molecule has 1 aliphatic heterocycles. The van der Waals surface area contributed by atoms with E-state index < -0.39 is 17.7 Å². The van der Waals surface area contributed by atoms with Gasteiger partial charge in [-0.15, -0.1) is 0 Å². The quantitative estimate of drug-likeness (QED) is 0.206. The number of hydrogen-bond acceptors (Lipinski definition) is 5. The number of ketones is 1. The van der Waals surface area contributed by atoms with E-state index >= 15 is 0 Å². The van der Waals surface area contributed by atoms with E-state index in [-0.39, 0.29) is 17.3 Å². The van der Waals surface area contributed by atoms with E-state index in [9.17, 15) is 14.7 Å².